The third-order valence-corrected chi connectivity index (χ3v) is 3.56. The van der Waals surface area contributed by atoms with Crippen molar-refractivity contribution in [3.8, 4) is 0 Å². The van der Waals surface area contributed by atoms with Crippen LogP contribution in [0.1, 0.15) is 46.0 Å². The predicted octanol–water partition coefficient (Wildman–Crippen LogP) is 1.79. The molecule has 1 unspecified atom stereocenters. The van der Waals surface area contributed by atoms with Crippen LogP contribution in [-0.4, -0.2) is 49.7 Å². The fraction of sp³-hybridized carbons (Fsp3) is 0.929. The van der Waals surface area contributed by atoms with Gasteiger partial charge in [-0.1, -0.05) is 6.92 Å². The zero-order chi connectivity index (χ0) is 13.6. The Labute approximate surface area is 111 Å². The Morgan fingerprint density at radius 3 is 2.61 bits per heavy atom. The molecule has 0 amide bonds. The number of methoxy groups -OCH3 is 1. The highest BCUT2D eigenvalue weighted by Crippen LogP contribution is 2.25. The summed E-state index contributed by atoms with van der Waals surface area (Å²) in [6.07, 6.45) is 5.39. The summed E-state index contributed by atoms with van der Waals surface area (Å²) < 4.78 is 4.93. The van der Waals surface area contributed by atoms with Crippen LogP contribution in [0.25, 0.3) is 0 Å². The third kappa shape index (κ3) is 4.94. The van der Waals surface area contributed by atoms with E-state index in [-0.39, 0.29) is 5.97 Å². The first-order chi connectivity index (χ1) is 8.51. The molecule has 106 valence electrons. The van der Waals surface area contributed by atoms with Crippen LogP contribution in [0, 0.1) is 0 Å². The van der Waals surface area contributed by atoms with Gasteiger partial charge in [0.1, 0.15) is 5.54 Å². The summed E-state index contributed by atoms with van der Waals surface area (Å²) in [6.45, 7) is 6.30. The largest absolute Gasteiger partial charge is 0.468 e. The van der Waals surface area contributed by atoms with E-state index >= 15 is 0 Å². The minimum absolute atomic E-state index is 0.132. The number of esters is 1. The zero-order valence-corrected chi connectivity index (χ0v) is 12.3. The Bertz CT molecular complexity index is 267. The lowest BCUT2D eigenvalue weighted by molar-refractivity contribution is -0.148. The third-order valence-electron chi connectivity index (χ3n) is 3.56. The fourth-order valence-corrected chi connectivity index (χ4v) is 2.33. The Kier molecular flexibility index (Phi) is 6.09. The molecule has 4 heteroatoms. The van der Waals surface area contributed by atoms with Crippen LogP contribution in [0.15, 0.2) is 0 Å². The van der Waals surface area contributed by atoms with Gasteiger partial charge >= 0.3 is 5.97 Å². The Morgan fingerprint density at radius 1 is 1.44 bits per heavy atom. The minimum atomic E-state index is -0.511. The maximum absolute atomic E-state index is 11.9. The Morgan fingerprint density at radius 2 is 2.11 bits per heavy atom. The molecule has 1 aliphatic rings. The maximum atomic E-state index is 11.9. The van der Waals surface area contributed by atoms with E-state index in [9.17, 15) is 4.79 Å². The van der Waals surface area contributed by atoms with Crippen molar-refractivity contribution in [1.29, 1.82) is 0 Å². The van der Waals surface area contributed by atoms with Crippen molar-refractivity contribution >= 4 is 5.97 Å². The molecule has 1 rings (SSSR count). The molecule has 0 radical (unpaired) electrons. The molecule has 0 spiro atoms. The molecule has 1 aliphatic carbocycles. The number of hydrogen-bond acceptors (Lipinski definition) is 4. The summed E-state index contributed by atoms with van der Waals surface area (Å²) >= 11 is 0. The van der Waals surface area contributed by atoms with E-state index in [2.05, 4.69) is 24.2 Å². The van der Waals surface area contributed by atoms with E-state index in [1.165, 1.54) is 26.4 Å². The number of rotatable bonds is 9. The molecule has 0 aromatic carbocycles. The molecule has 0 saturated heterocycles. The fourth-order valence-electron chi connectivity index (χ4n) is 2.33. The SMILES string of the molecule is CCCN(C)CCCC(C)(NC1CC1)C(=O)OC. The highest BCUT2D eigenvalue weighted by molar-refractivity contribution is 5.80. The van der Waals surface area contributed by atoms with Crippen LogP contribution >= 0.6 is 0 Å². The highest BCUT2D eigenvalue weighted by Gasteiger charge is 2.38. The summed E-state index contributed by atoms with van der Waals surface area (Å²) in [5, 5.41) is 3.43. The first-order valence-electron chi connectivity index (χ1n) is 7.06. The Balaban J connectivity index is 2.38. The van der Waals surface area contributed by atoms with Crippen LogP contribution in [0.2, 0.25) is 0 Å². The Hall–Kier alpha value is -0.610. The zero-order valence-electron chi connectivity index (χ0n) is 12.3. The van der Waals surface area contributed by atoms with Gasteiger partial charge < -0.3 is 9.64 Å². The van der Waals surface area contributed by atoms with Crippen LogP contribution in [-0.2, 0) is 9.53 Å². The molecule has 0 bridgehead atoms. The molecule has 0 aromatic heterocycles. The molecule has 0 heterocycles. The minimum Gasteiger partial charge on any atom is -0.468 e. The van der Waals surface area contributed by atoms with Crippen molar-refractivity contribution < 1.29 is 9.53 Å². The smallest absolute Gasteiger partial charge is 0.325 e. The molecular weight excluding hydrogens is 228 g/mol. The lowest BCUT2D eigenvalue weighted by Gasteiger charge is -2.29. The molecule has 0 aromatic rings. The van der Waals surface area contributed by atoms with Gasteiger partial charge in [0.25, 0.3) is 0 Å². The van der Waals surface area contributed by atoms with Gasteiger partial charge in [0.15, 0.2) is 0 Å². The number of nitrogens with one attached hydrogen (secondary N) is 1. The van der Waals surface area contributed by atoms with Crippen molar-refractivity contribution in [2.75, 3.05) is 27.2 Å². The molecule has 0 aliphatic heterocycles. The quantitative estimate of drug-likeness (QED) is 0.639. The summed E-state index contributed by atoms with van der Waals surface area (Å²) in [5.41, 5.74) is -0.511. The second-order valence-corrected chi connectivity index (χ2v) is 5.65. The first kappa shape index (κ1) is 15.4. The van der Waals surface area contributed by atoms with Crippen LogP contribution in [0.4, 0.5) is 0 Å². The topological polar surface area (TPSA) is 41.6 Å². The van der Waals surface area contributed by atoms with Gasteiger partial charge in [0.2, 0.25) is 0 Å². The summed E-state index contributed by atoms with van der Waals surface area (Å²) in [4.78, 5) is 14.2. The molecule has 18 heavy (non-hydrogen) atoms. The molecular formula is C14H28N2O2. The molecule has 1 N–H and O–H groups in total. The normalized spacial score (nSPS) is 18.7. The summed E-state index contributed by atoms with van der Waals surface area (Å²) in [7, 11) is 3.60. The van der Waals surface area contributed by atoms with E-state index in [0.29, 0.717) is 6.04 Å². The maximum Gasteiger partial charge on any atom is 0.325 e. The summed E-state index contributed by atoms with van der Waals surface area (Å²) in [6, 6.07) is 0.516. The number of ether oxygens (including phenoxy) is 1. The van der Waals surface area contributed by atoms with E-state index in [1.807, 2.05) is 6.92 Å². The average Bonchev–Trinajstić information content (AvgIpc) is 3.12. The second-order valence-electron chi connectivity index (χ2n) is 5.65. The standard InChI is InChI=1S/C14H28N2O2/c1-5-10-16(3)11-6-9-14(2,13(17)18-4)15-12-7-8-12/h12,15H,5-11H2,1-4H3. The lowest BCUT2D eigenvalue weighted by atomic mass is 9.95. The van der Waals surface area contributed by atoms with Crippen LogP contribution in [0.3, 0.4) is 0 Å². The van der Waals surface area contributed by atoms with Gasteiger partial charge in [-0.25, -0.2) is 0 Å². The number of carbonyl (C=O) groups is 1. The van der Waals surface area contributed by atoms with Gasteiger partial charge in [-0.15, -0.1) is 0 Å². The highest BCUT2D eigenvalue weighted by atomic mass is 16.5. The molecule has 4 nitrogen and oxygen atoms in total. The van der Waals surface area contributed by atoms with E-state index < -0.39 is 5.54 Å². The van der Waals surface area contributed by atoms with Crippen LogP contribution < -0.4 is 5.32 Å². The van der Waals surface area contributed by atoms with E-state index in [1.54, 1.807) is 0 Å². The van der Waals surface area contributed by atoms with Gasteiger partial charge in [0.05, 0.1) is 7.11 Å². The average molecular weight is 256 g/mol. The van der Waals surface area contributed by atoms with Crippen molar-refractivity contribution in [2.24, 2.45) is 0 Å². The number of carbonyl (C=O) groups excluding carboxylic acids is 1. The van der Waals surface area contributed by atoms with Gasteiger partial charge in [-0.3, -0.25) is 10.1 Å². The molecule has 1 atom stereocenters. The van der Waals surface area contributed by atoms with Gasteiger partial charge in [-0.05, 0) is 59.2 Å². The van der Waals surface area contributed by atoms with Gasteiger partial charge in [0, 0.05) is 6.04 Å². The number of nitrogens with zero attached hydrogens (tertiary/aromatic N) is 1. The van der Waals surface area contributed by atoms with Crippen molar-refractivity contribution in [1.82, 2.24) is 10.2 Å². The van der Waals surface area contributed by atoms with E-state index in [4.69, 9.17) is 4.74 Å². The summed E-state index contributed by atoms with van der Waals surface area (Å²) in [5.74, 6) is -0.132. The monoisotopic (exact) mass is 256 g/mol. The molecule has 1 saturated carbocycles. The predicted molar refractivity (Wildman–Crippen MR) is 73.6 cm³/mol. The lowest BCUT2D eigenvalue weighted by Crippen LogP contribution is -2.51. The van der Waals surface area contributed by atoms with Gasteiger partial charge in [-0.2, -0.15) is 0 Å². The van der Waals surface area contributed by atoms with Crippen molar-refractivity contribution in [3.05, 3.63) is 0 Å². The number of hydrogen-bond donors (Lipinski definition) is 1. The molecule has 1 fully saturated rings. The van der Waals surface area contributed by atoms with E-state index in [0.717, 1.165) is 25.9 Å². The second kappa shape index (κ2) is 7.10. The van der Waals surface area contributed by atoms with Crippen molar-refractivity contribution in [3.63, 3.8) is 0 Å². The van der Waals surface area contributed by atoms with Crippen LogP contribution in [0.5, 0.6) is 0 Å². The van der Waals surface area contributed by atoms with Crippen molar-refractivity contribution in [2.45, 2.75) is 57.5 Å². The first-order valence-corrected chi connectivity index (χ1v) is 7.06.